The first-order valence-electron chi connectivity index (χ1n) is 12.6. The van der Waals surface area contributed by atoms with E-state index in [0.29, 0.717) is 35.6 Å². The fourth-order valence-corrected chi connectivity index (χ4v) is 6.23. The lowest BCUT2D eigenvalue weighted by Crippen LogP contribution is -2.34. The molecule has 1 aromatic carbocycles. The Labute approximate surface area is 219 Å². The first-order chi connectivity index (χ1) is 18.2. The Kier molecular flexibility index (Phi) is 5.99. The van der Waals surface area contributed by atoms with Crippen molar-refractivity contribution in [2.24, 2.45) is 5.92 Å². The zero-order valence-electron chi connectivity index (χ0n) is 21.0. The van der Waals surface area contributed by atoms with Gasteiger partial charge in [0.05, 0.1) is 11.3 Å². The molecular weight excluding hydrogens is 507 g/mol. The lowest BCUT2D eigenvalue weighted by atomic mass is 9.97. The first-order valence-corrected chi connectivity index (χ1v) is 14.1. The van der Waals surface area contributed by atoms with Crippen LogP contribution in [0.2, 0.25) is 0 Å². The molecule has 4 heterocycles. The van der Waals surface area contributed by atoms with Crippen molar-refractivity contribution in [2.75, 3.05) is 17.8 Å². The number of halogens is 1. The number of hydrogen-bond acceptors (Lipinski definition) is 6. The molecule has 9 nitrogen and oxygen atoms in total. The van der Waals surface area contributed by atoms with E-state index in [4.69, 9.17) is 0 Å². The zero-order valence-corrected chi connectivity index (χ0v) is 21.8. The normalized spacial score (nSPS) is 18.2. The van der Waals surface area contributed by atoms with Crippen LogP contribution in [0.3, 0.4) is 0 Å². The maximum atomic E-state index is 15.7. The van der Waals surface area contributed by atoms with E-state index in [-0.39, 0.29) is 22.7 Å². The number of carbonyl (C=O) groups is 1. The lowest BCUT2D eigenvalue weighted by Gasteiger charge is -2.19. The highest BCUT2D eigenvalue weighted by atomic mass is 32.2. The van der Waals surface area contributed by atoms with Crippen LogP contribution in [0.1, 0.15) is 59.4 Å². The minimum Gasteiger partial charge on any atom is -0.345 e. The van der Waals surface area contributed by atoms with Gasteiger partial charge < -0.3 is 4.98 Å². The summed E-state index contributed by atoms with van der Waals surface area (Å²) in [5.74, 6) is 0.0289. The Morgan fingerprint density at radius 1 is 1.11 bits per heavy atom. The highest BCUT2D eigenvalue weighted by molar-refractivity contribution is 7.90. The lowest BCUT2D eigenvalue weighted by molar-refractivity contribution is 0.103. The number of nitrogens with one attached hydrogen (secondary N) is 2. The van der Waals surface area contributed by atoms with Gasteiger partial charge in [-0.05, 0) is 49.8 Å². The molecule has 4 aromatic rings. The topological polar surface area (TPSA) is 121 Å². The summed E-state index contributed by atoms with van der Waals surface area (Å²) in [4.78, 5) is 30.0. The third kappa shape index (κ3) is 4.45. The Morgan fingerprint density at radius 2 is 1.84 bits per heavy atom. The molecule has 0 spiro atoms. The average Bonchev–Trinajstić information content (AvgIpc) is 3.51. The van der Waals surface area contributed by atoms with Gasteiger partial charge in [0.2, 0.25) is 0 Å². The van der Waals surface area contributed by atoms with E-state index in [1.807, 2.05) is 6.92 Å². The summed E-state index contributed by atoms with van der Waals surface area (Å²) in [7, 11) is -3.95. The van der Waals surface area contributed by atoms with Crippen LogP contribution in [0.5, 0.6) is 0 Å². The number of pyridine rings is 1. The van der Waals surface area contributed by atoms with Crippen molar-refractivity contribution in [3.05, 3.63) is 71.3 Å². The number of aryl methyl sites for hydroxylation is 1. The van der Waals surface area contributed by atoms with Gasteiger partial charge in [-0.2, -0.15) is 12.7 Å². The van der Waals surface area contributed by atoms with Gasteiger partial charge in [-0.3, -0.25) is 9.52 Å². The molecule has 2 aliphatic rings. The molecule has 11 heteroatoms. The SMILES string of the molecule is Cc1ccc(NS(=O)(=O)N2CC[C@@H](C)C2)c(F)c1C(=O)c1c[nH]c2ncc(-c3cnc(C4CC4)nc3)cc12. The molecule has 0 amide bonds. The van der Waals surface area contributed by atoms with Gasteiger partial charge >= 0.3 is 10.2 Å². The zero-order chi connectivity index (χ0) is 26.6. The predicted octanol–water partition coefficient (Wildman–Crippen LogP) is 4.57. The number of ketones is 1. The van der Waals surface area contributed by atoms with Crippen LogP contribution < -0.4 is 4.72 Å². The molecule has 1 aliphatic heterocycles. The largest absolute Gasteiger partial charge is 0.345 e. The highest BCUT2D eigenvalue weighted by Gasteiger charge is 2.31. The third-order valence-electron chi connectivity index (χ3n) is 7.27. The van der Waals surface area contributed by atoms with Crippen LogP contribution in [0.4, 0.5) is 10.1 Å². The summed E-state index contributed by atoms with van der Waals surface area (Å²) in [5, 5.41) is 0.523. The molecule has 1 saturated carbocycles. The molecule has 1 saturated heterocycles. The van der Waals surface area contributed by atoms with Gasteiger partial charge in [0.1, 0.15) is 11.5 Å². The molecule has 1 aliphatic carbocycles. The number of anilines is 1. The van der Waals surface area contributed by atoms with Crippen molar-refractivity contribution in [2.45, 2.75) is 39.0 Å². The van der Waals surface area contributed by atoms with E-state index in [1.165, 1.54) is 22.6 Å². The molecule has 0 radical (unpaired) electrons. The second kappa shape index (κ2) is 9.25. The van der Waals surface area contributed by atoms with Gasteiger partial charge in [-0.1, -0.05) is 13.0 Å². The second-order valence-electron chi connectivity index (χ2n) is 10.2. The van der Waals surface area contributed by atoms with Gasteiger partial charge in [0, 0.05) is 65.9 Å². The van der Waals surface area contributed by atoms with E-state index in [1.54, 1.807) is 31.6 Å². The number of fused-ring (bicyclic) bond motifs is 1. The second-order valence-corrected chi connectivity index (χ2v) is 11.9. The smallest absolute Gasteiger partial charge is 0.301 e. The van der Waals surface area contributed by atoms with E-state index in [0.717, 1.165) is 36.2 Å². The van der Waals surface area contributed by atoms with Crippen LogP contribution in [0.25, 0.3) is 22.2 Å². The number of aromatic amines is 1. The van der Waals surface area contributed by atoms with Crippen LogP contribution in [0.15, 0.2) is 43.0 Å². The molecule has 6 rings (SSSR count). The number of aromatic nitrogens is 4. The van der Waals surface area contributed by atoms with Gasteiger partial charge in [-0.25, -0.2) is 19.3 Å². The monoisotopic (exact) mass is 534 g/mol. The number of benzene rings is 1. The minimum atomic E-state index is -3.95. The van der Waals surface area contributed by atoms with Crippen LogP contribution in [-0.2, 0) is 10.2 Å². The molecule has 3 aromatic heterocycles. The van der Waals surface area contributed by atoms with E-state index >= 15 is 4.39 Å². The molecular formula is C27H27FN6O3S. The number of H-pyrrole nitrogens is 1. The summed E-state index contributed by atoms with van der Waals surface area (Å²) in [5.41, 5.74) is 2.15. The van der Waals surface area contributed by atoms with Crippen molar-refractivity contribution in [1.82, 2.24) is 24.2 Å². The summed E-state index contributed by atoms with van der Waals surface area (Å²) < 4.78 is 45.0. The molecule has 196 valence electrons. The number of rotatable bonds is 7. The van der Waals surface area contributed by atoms with Crippen molar-refractivity contribution >= 4 is 32.7 Å². The number of nitrogens with zero attached hydrogens (tertiary/aromatic N) is 4. The van der Waals surface area contributed by atoms with Crippen molar-refractivity contribution in [1.29, 1.82) is 0 Å². The van der Waals surface area contributed by atoms with Crippen LogP contribution in [0, 0.1) is 18.7 Å². The Balaban J connectivity index is 1.33. The number of hydrogen-bond donors (Lipinski definition) is 2. The van der Waals surface area contributed by atoms with Gasteiger partial charge in [0.15, 0.2) is 11.6 Å². The highest BCUT2D eigenvalue weighted by Crippen LogP contribution is 2.38. The Bertz CT molecular complexity index is 1660. The Hall–Kier alpha value is -3.70. The quantitative estimate of drug-likeness (QED) is 0.335. The number of carbonyl (C=O) groups excluding carboxylic acids is 1. The minimum absolute atomic E-state index is 0.191. The summed E-state index contributed by atoms with van der Waals surface area (Å²) >= 11 is 0. The molecule has 38 heavy (non-hydrogen) atoms. The molecule has 2 fully saturated rings. The molecule has 0 unspecified atom stereocenters. The maximum absolute atomic E-state index is 15.7. The first kappa shape index (κ1) is 24.6. The summed E-state index contributed by atoms with van der Waals surface area (Å²) in [6.07, 6.45) is 9.63. The Morgan fingerprint density at radius 3 is 2.53 bits per heavy atom. The standard InChI is InChI=1S/C27H27FN6O3S/c1-15-7-8-34(14-15)38(36,37)33-22-6-3-16(2)23(24(22)28)25(35)21-13-32-27-20(21)9-18(10-31-27)19-11-29-26(30-12-19)17-4-5-17/h3,6,9-13,15,17,33H,4-5,7-8,14H2,1-2H3,(H,31,32)/t15-/m1/s1. The van der Waals surface area contributed by atoms with E-state index < -0.39 is 21.8 Å². The van der Waals surface area contributed by atoms with Crippen LogP contribution in [-0.4, -0.2) is 51.5 Å². The van der Waals surface area contributed by atoms with E-state index in [9.17, 15) is 13.2 Å². The van der Waals surface area contributed by atoms with Gasteiger partial charge in [-0.15, -0.1) is 0 Å². The molecule has 0 bridgehead atoms. The van der Waals surface area contributed by atoms with Crippen molar-refractivity contribution in [3.8, 4) is 11.1 Å². The fraction of sp³-hybridized carbons (Fsp3) is 0.333. The van der Waals surface area contributed by atoms with Crippen molar-refractivity contribution < 1.29 is 17.6 Å². The van der Waals surface area contributed by atoms with Crippen LogP contribution >= 0.6 is 0 Å². The average molecular weight is 535 g/mol. The van der Waals surface area contributed by atoms with E-state index in [2.05, 4.69) is 24.7 Å². The summed E-state index contributed by atoms with van der Waals surface area (Å²) in [6.45, 7) is 4.33. The third-order valence-corrected chi connectivity index (χ3v) is 8.76. The maximum Gasteiger partial charge on any atom is 0.301 e. The predicted molar refractivity (Wildman–Crippen MR) is 142 cm³/mol. The van der Waals surface area contributed by atoms with Gasteiger partial charge in [0.25, 0.3) is 0 Å². The summed E-state index contributed by atoms with van der Waals surface area (Å²) in [6, 6.07) is 4.69. The molecule has 2 N–H and O–H groups in total. The molecule has 1 atom stereocenters. The van der Waals surface area contributed by atoms with Crippen molar-refractivity contribution in [3.63, 3.8) is 0 Å². The fourth-order valence-electron chi connectivity index (χ4n) is 4.87.